The van der Waals surface area contributed by atoms with Crippen LogP contribution in [0.1, 0.15) is 30.4 Å². The molecule has 0 saturated heterocycles. The Kier molecular flexibility index (Phi) is 5.08. The quantitative estimate of drug-likeness (QED) is 0.749. The van der Waals surface area contributed by atoms with Gasteiger partial charge in [0, 0.05) is 25.9 Å². The molecule has 0 fully saturated rings. The van der Waals surface area contributed by atoms with Crippen LogP contribution in [0.15, 0.2) is 60.7 Å². The lowest BCUT2D eigenvalue weighted by molar-refractivity contribution is -0.129. The maximum atomic E-state index is 12.7. The summed E-state index contributed by atoms with van der Waals surface area (Å²) < 4.78 is 10.9. The zero-order valence-electron chi connectivity index (χ0n) is 14.7. The lowest BCUT2D eigenvalue weighted by atomic mass is 9.88. The lowest BCUT2D eigenvalue weighted by Gasteiger charge is -2.23. The fourth-order valence-electron chi connectivity index (χ4n) is 3.07. The lowest BCUT2D eigenvalue weighted by Crippen LogP contribution is -2.29. The first-order valence-corrected chi connectivity index (χ1v) is 8.37. The van der Waals surface area contributed by atoms with E-state index < -0.39 is 0 Å². The topological polar surface area (TPSA) is 38.8 Å². The predicted octanol–water partition coefficient (Wildman–Crippen LogP) is 3.97. The standard InChI is InChI=1S/C21H23NO3/c1-15(2)13-22(3)21(23)12-18(16-7-5-4-6-8-16)17-9-10-19-20(11-17)25-14-24-19/h4-11,18H,1,12-14H2,2-3H3/t18-/m0/s1. The molecule has 0 bridgehead atoms. The number of benzene rings is 2. The Hall–Kier alpha value is -2.75. The number of likely N-dealkylation sites (N-methyl/N-ethyl adjacent to an activating group) is 1. The molecule has 25 heavy (non-hydrogen) atoms. The van der Waals surface area contributed by atoms with Crippen molar-refractivity contribution in [3.8, 4) is 11.5 Å². The van der Waals surface area contributed by atoms with E-state index in [2.05, 4.69) is 18.7 Å². The number of nitrogens with zero attached hydrogens (tertiary/aromatic N) is 1. The number of fused-ring (bicyclic) bond motifs is 1. The fourth-order valence-corrected chi connectivity index (χ4v) is 3.07. The molecule has 2 aromatic carbocycles. The van der Waals surface area contributed by atoms with Gasteiger partial charge in [-0.15, -0.1) is 0 Å². The smallest absolute Gasteiger partial charge is 0.231 e. The second-order valence-electron chi connectivity index (χ2n) is 6.49. The van der Waals surface area contributed by atoms with Crippen molar-refractivity contribution >= 4 is 5.91 Å². The minimum absolute atomic E-state index is 0.0317. The molecule has 1 atom stereocenters. The molecule has 4 heteroatoms. The Morgan fingerprint density at radius 2 is 1.84 bits per heavy atom. The van der Waals surface area contributed by atoms with Crippen LogP contribution in [0.3, 0.4) is 0 Å². The molecule has 130 valence electrons. The summed E-state index contributed by atoms with van der Waals surface area (Å²) in [5, 5.41) is 0. The zero-order chi connectivity index (χ0) is 17.8. The molecule has 0 unspecified atom stereocenters. The van der Waals surface area contributed by atoms with Gasteiger partial charge >= 0.3 is 0 Å². The van der Waals surface area contributed by atoms with E-state index in [9.17, 15) is 4.79 Å². The molecular weight excluding hydrogens is 314 g/mol. The van der Waals surface area contributed by atoms with Crippen LogP contribution in [0, 0.1) is 0 Å². The van der Waals surface area contributed by atoms with Gasteiger partial charge in [0.15, 0.2) is 11.5 Å². The van der Waals surface area contributed by atoms with Crippen LogP contribution >= 0.6 is 0 Å². The Morgan fingerprint density at radius 3 is 2.56 bits per heavy atom. The maximum Gasteiger partial charge on any atom is 0.231 e. The molecular formula is C21H23NO3. The van der Waals surface area contributed by atoms with Crippen LogP contribution in [0.4, 0.5) is 0 Å². The number of carbonyl (C=O) groups is 1. The number of carbonyl (C=O) groups excluding carboxylic acids is 1. The van der Waals surface area contributed by atoms with Crippen LogP contribution < -0.4 is 9.47 Å². The van der Waals surface area contributed by atoms with Gasteiger partial charge in [0.25, 0.3) is 0 Å². The van der Waals surface area contributed by atoms with E-state index in [-0.39, 0.29) is 18.6 Å². The number of rotatable bonds is 6. The van der Waals surface area contributed by atoms with E-state index in [1.165, 1.54) is 0 Å². The highest BCUT2D eigenvalue weighted by molar-refractivity contribution is 5.78. The van der Waals surface area contributed by atoms with Crippen molar-refractivity contribution in [2.45, 2.75) is 19.3 Å². The summed E-state index contributed by atoms with van der Waals surface area (Å²) in [6, 6.07) is 16.0. The van der Waals surface area contributed by atoms with Gasteiger partial charge in [0.1, 0.15) is 0 Å². The first kappa shape index (κ1) is 17.1. The number of ether oxygens (including phenoxy) is 2. The summed E-state index contributed by atoms with van der Waals surface area (Å²) in [4.78, 5) is 14.4. The normalized spacial score (nSPS) is 13.4. The molecule has 0 saturated carbocycles. The monoisotopic (exact) mass is 337 g/mol. The molecule has 0 aromatic heterocycles. The fraction of sp³-hybridized carbons (Fsp3) is 0.286. The summed E-state index contributed by atoms with van der Waals surface area (Å²) >= 11 is 0. The van der Waals surface area contributed by atoms with Crippen LogP contribution in [0.5, 0.6) is 11.5 Å². The molecule has 0 aliphatic carbocycles. The Morgan fingerprint density at radius 1 is 1.12 bits per heavy atom. The highest BCUT2D eigenvalue weighted by Crippen LogP contribution is 2.37. The van der Waals surface area contributed by atoms with Gasteiger partial charge in [-0.2, -0.15) is 0 Å². The van der Waals surface area contributed by atoms with E-state index in [1.54, 1.807) is 4.90 Å². The third-order valence-electron chi connectivity index (χ3n) is 4.31. The van der Waals surface area contributed by atoms with Crippen LogP contribution in [0.25, 0.3) is 0 Å². The maximum absolute atomic E-state index is 12.7. The molecule has 0 radical (unpaired) electrons. The van der Waals surface area contributed by atoms with E-state index in [0.29, 0.717) is 13.0 Å². The number of hydrogen-bond donors (Lipinski definition) is 0. The average Bonchev–Trinajstić information content (AvgIpc) is 3.07. The molecule has 2 aromatic rings. The van der Waals surface area contributed by atoms with E-state index in [0.717, 1.165) is 28.2 Å². The van der Waals surface area contributed by atoms with Crippen molar-refractivity contribution < 1.29 is 14.3 Å². The first-order chi connectivity index (χ1) is 12.0. The highest BCUT2D eigenvalue weighted by atomic mass is 16.7. The molecule has 1 aliphatic heterocycles. The molecule has 1 heterocycles. The molecule has 3 rings (SSSR count). The van der Waals surface area contributed by atoms with Crippen LogP contribution in [-0.4, -0.2) is 31.2 Å². The van der Waals surface area contributed by atoms with Gasteiger partial charge in [0.2, 0.25) is 12.7 Å². The Balaban J connectivity index is 1.88. The third-order valence-corrected chi connectivity index (χ3v) is 4.31. The van der Waals surface area contributed by atoms with Crippen molar-refractivity contribution in [2.24, 2.45) is 0 Å². The van der Waals surface area contributed by atoms with Gasteiger partial charge in [-0.25, -0.2) is 0 Å². The SMILES string of the molecule is C=C(C)CN(C)C(=O)C[C@@H](c1ccccc1)c1ccc2c(c1)OCO2. The van der Waals surface area contributed by atoms with E-state index in [1.807, 2.05) is 50.4 Å². The molecule has 0 N–H and O–H groups in total. The molecule has 1 aliphatic rings. The highest BCUT2D eigenvalue weighted by Gasteiger charge is 2.23. The van der Waals surface area contributed by atoms with Gasteiger partial charge in [-0.05, 0) is 30.2 Å². The Labute approximate surface area is 148 Å². The molecule has 4 nitrogen and oxygen atoms in total. The summed E-state index contributed by atoms with van der Waals surface area (Å²) in [5.41, 5.74) is 3.13. The van der Waals surface area contributed by atoms with Crippen molar-refractivity contribution in [1.29, 1.82) is 0 Å². The summed E-state index contributed by atoms with van der Waals surface area (Å²) in [6.45, 7) is 6.63. The van der Waals surface area contributed by atoms with Gasteiger partial charge in [-0.3, -0.25) is 4.79 Å². The van der Waals surface area contributed by atoms with Crippen molar-refractivity contribution in [2.75, 3.05) is 20.4 Å². The second kappa shape index (κ2) is 7.43. The minimum atomic E-state index is -0.0317. The van der Waals surface area contributed by atoms with Crippen LogP contribution in [-0.2, 0) is 4.79 Å². The summed E-state index contributed by atoms with van der Waals surface area (Å²) in [5.74, 6) is 1.55. The Bertz CT molecular complexity index is 770. The van der Waals surface area contributed by atoms with E-state index >= 15 is 0 Å². The summed E-state index contributed by atoms with van der Waals surface area (Å²) in [6.07, 6.45) is 0.396. The predicted molar refractivity (Wildman–Crippen MR) is 97.9 cm³/mol. The third kappa shape index (κ3) is 4.02. The van der Waals surface area contributed by atoms with Gasteiger partial charge in [0.05, 0.1) is 0 Å². The first-order valence-electron chi connectivity index (χ1n) is 8.37. The second-order valence-corrected chi connectivity index (χ2v) is 6.49. The number of amides is 1. The number of hydrogen-bond acceptors (Lipinski definition) is 3. The van der Waals surface area contributed by atoms with Crippen molar-refractivity contribution in [3.63, 3.8) is 0 Å². The van der Waals surface area contributed by atoms with Crippen LogP contribution in [0.2, 0.25) is 0 Å². The molecule has 0 spiro atoms. The van der Waals surface area contributed by atoms with E-state index in [4.69, 9.17) is 9.47 Å². The largest absolute Gasteiger partial charge is 0.454 e. The zero-order valence-corrected chi connectivity index (χ0v) is 14.7. The average molecular weight is 337 g/mol. The minimum Gasteiger partial charge on any atom is -0.454 e. The van der Waals surface area contributed by atoms with Gasteiger partial charge < -0.3 is 14.4 Å². The van der Waals surface area contributed by atoms with Crippen molar-refractivity contribution in [1.82, 2.24) is 4.90 Å². The molecule has 1 amide bonds. The summed E-state index contributed by atoms with van der Waals surface area (Å²) in [7, 11) is 1.82. The van der Waals surface area contributed by atoms with Crippen molar-refractivity contribution in [3.05, 3.63) is 71.8 Å². The van der Waals surface area contributed by atoms with Gasteiger partial charge in [-0.1, -0.05) is 48.6 Å².